The molecule has 3 rings (SSSR count). The van der Waals surface area contributed by atoms with Gasteiger partial charge in [-0.2, -0.15) is 0 Å². The molecule has 6 nitrogen and oxygen atoms in total. The van der Waals surface area contributed by atoms with E-state index in [4.69, 9.17) is 0 Å². The van der Waals surface area contributed by atoms with E-state index in [1.165, 1.54) is 12.1 Å². The summed E-state index contributed by atoms with van der Waals surface area (Å²) in [5.74, 6) is 0.388. The summed E-state index contributed by atoms with van der Waals surface area (Å²) in [6, 6.07) is 2.85. The zero-order valence-electron chi connectivity index (χ0n) is 9.26. The molecule has 0 spiro atoms. The number of aromatic nitrogens is 1. The fourth-order valence-electron chi connectivity index (χ4n) is 2.93. The van der Waals surface area contributed by atoms with Crippen LogP contribution in [0, 0.1) is 10.1 Å². The summed E-state index contributed by atoms with van der Waals surface area (Å²) in [5.41, 5.74) is -0.147. The van der Waals surface area contributed by atoms with Gasteiger partial charge in [0.1, 0.15) is 0 Å². The third-order valence-electron chi connectivity index (χ3n) is 3.68. The Balaban J connectivity index is 2.17. The average molecular weight is 235 g/mol. The summed E-state index contributed by atoms with van der Waals surface area (Å²) in [7, 11) is 0. The molecule has 1 aromatic heterocycles. The molecule has 2 heterocycles. The van der Waals surface area contributed by atoms with Crippen LogP contribution < -0.4 is 10.9 Å². The van der Waals surface area contributed by atoms with Gasteiger partial charge in [-0.1, -0.05) is 12.8 Å². The first-order valence-electron chi connectivity index (χ1n) is 5.85. The smallest absolute Gasteiger partial charge is 0.309 e. The zero-order chi connectivity index (χ0) is 12.0. The molecule has 1 aromatic rings. The monoisotopic (exact) mass is 235 g/mol. The summed E-state index contributed by atoms with van der Waals surface area (Å²) < 4.78 is 1.57. The molecule has 6 heteroatoms. The van der Waals surface area contributed by atoms with E-state index in [0.717, 1.165) is 25.7 Å². The Bertz CT molecular complexity index is 537. The minimum atomic E-state index is -0.435. The van der Waals surface area contributed by atoms with Gasteiger partial charge in [0.05, 0.1) is 11.0 Å². The number of nitrogens with zero attached hydrogens (tertiary/aromatic N) is 2. The number of nitrogens with one attached hydrogen (secondary N) is 1. The molecule has 1 aliphatic carbocycles. The van der Waals surface area contributed by atoms with Crippen molar-refractivity contribution in [2.75, 3.05) is 5.32 Å². The van der Waals surface area contributed by atoms with Crippen molar-refractivity contribution in [3.63, 3.8) is 0 Å². The number of anilines is 1. The first kappa shape index (κ1) is 10.3. The van der Waals surface area contributed by atoms with Crippen LogP contribution in [-0.4, -0.2) is 15.5 Å². The van der Waals surface area contributed by atoms with Crippen molar-refractivity contribution in [3.05, 3.63) is 32.6 Å². The Labute approximate surface area is 97.4 Å². The van der Waals surface area contributed by atoms with Gasteiger partial charge in [-0.05, 0) is 12.8 Å². The first-order chi connectivity index (χ1) is 8.18. The van der Waals surface area contributed by atoms with E-state index in [2.05, 4.69) is 5.32 Å². The van der Waals surface area contributed by atoms with Crippen molar-refractivity contribution in [2.24, 2.45) is 0 Å². The predicted octanol–water partition coefficient (Wildman–Crippen LogP) is 1.67. The van der Waals surface area contributed by atoms with Crippen LogP contribution in [0.4, 0.5) is 11.5 Å². The van der Waals surface area contributed by atoms with Gasteiger partial charge in [0, 0.05) is 18.2 Å². The van der Waals surface area contributed by atoms with Crippen molar-refractivity contribution in [1.82, 2.24) is 4.57 Å². The maximum atomic E-state index is 11.8. The van der Waals surface area contributed by atoms with E-state index in [0.29, 0.717) is 5.82 Å². The minimum Gasteiger partial charge on any atom is -0.361 e. The Morgan fingerprint density at radius 3 is 2.88 bits per heavy atom. The number of hydrogen-bond donors (Lipinski definition) is 1. The average Bonchev–Trinajstić information content (AvgIpc) is 2.68. The highest BCUT2D eigenvalue weighted by molar-refractivity contribution is 5.59. The zero-order valence-corrected chi connectivity index (χ0v) is 9.26. The van der Waals surface area contributed by atoms with Gasteiger partial charge in [0.2, 0.25) is 0 Å². The summed E-state index contributed by atoms with van der Waals surface area (Å²) in [5, 5.41) is 14.1. The lowest BCUT2D eigenvalue weighted by Crippen LogP contribution is -2.29. The van der Waals surface area contributed by atoms with Crippen LogP contribution in [-0.2, 0) is 0 Å². The van der Waals surface area contributed by atoms with Gasteiger partial charge in [0.25, 0.3) is 5.56 Å². The van der Waals surface area contributed by atoms with Crippen molar-refractivity contribution in [1.29, 1.82) is 0 Å². The van der Waals surface area contributed by atoms with Gasteiger partial charge in [0.15, 0.2) is 5.82 Å². The van der Waals surface area contributed by atoms with Crippen LogP contribution in [0.1, 0.15) is 31.7 Å². The fourth-order valence-corrected chi connectivity index (χ4v) is 2.93. The quantitative estimate of drug-likeness (QED) is 0.593. The van der Waals surface area contributed by atoms with E-state index in [9.17, 15) is 14.9 Å². The Hall–Kier alpha value is -1.85. The molecule has 2 atom stereocenters. The van der Waals surface area contributed by atoms with Gasteiger partial charge < -0.3 is 5.32 Å². The second-order valence-electron chi connectivity index (χ2n) is 4.64. The lowest BCUT2D eigenvalue weighted by Gasteiger charge is -2.25. The molecule has 17 heavy (non-hydrogen) atoms. The Kier molecular flexibility index (Phi) is 2.17. The number of hydrogen-bond acceptors (Lipinski definition) is 4. The van der Waals surface area contributed by atoms with E-state index >= 15 is 0 Å². The molecule has 2 unspecified atom stereocenters. The molecule has 90 valence electrons. The second kappa shape index (κ2) is 3.58. The van der Waals surface area contributed by atoms with Crippen molar-refractivity contribution in [2.45, 2.75) is 37.8 Å². The number of nitro groups is 1. The highest BCUT2D eigenvalue weighted by Crippen LogP contribution is 2.40. The van der Waals surface area contributed by atoms with Crippen molar-refractivity contribution < 1.29 is 4.92 Å². The molecule has 1 N–H and O–H groups in total. The van der Waals surface area contributed by atoms with E-state index < -0.39 is 4.92 Å². The Morgan fingerprint density at radius 1 is 1.35 bits per heavy atom. The van der Waals surface area contributed by atoms with Crippen LogP contribution in [0.3, 0.4) is 0 Å². The van der Waals surface area contributed by atoms with Crippen molar-refractivity contribution in [3.8, 4) is 0 Å². The standard InChI is InChI=1S/C11H13N3O3/c15-10-6-5-9(14(16)17)11-12-7-3-1-2-4-8(7)13(10)11/h5-8,12H,1-4H2. The summed E-state index contributed by atoms with van der Waals surface area (Å²) in [6.07, 6.45) is 4.09. The third-order valence-corrected chi connectivity index (χ3v) is 3.68. The van der Waals surface area contributed by atoms with Crippen LogP contribution in [0.15, 0.2) is 16.9 Å². The molecular formula is C11H13N3O3. The largest absolute Gasteiger partial charge is 0.361 e. The second-order valence-corrected chi connectivity index (χ2v) is 4.64. The van der Waals surface area contributed by atoms with Gasteiger partial charge in [-0.3, -0.25) is 19.5 Å². The maximum absolute atomic E-state index is 11.8. The molecular weight excluding hydrogens is 222 g/mol. The molecule has 0 aromatic carbocycles. The summed E-state index contributed by atoms with van der Waals surface area (Å²) in [6.45, 7) is 0. The summed E-state index contributed by atoms with van der Waals surface area (Å²) in [4.78, 5) is 22.3. The normalized spacial score (nSPS) is 25.9. The van der Waals surface area contributed by atoms with Crippen LogP contribution in [0.5, 0.6) is 0 Å². The molecule has 0 amide bonds. The molecule has 2 aliphatic rings. The first-order valence-corrected chi connectivity index (χ1v) is 5.85. The van der Waals surface area contributed by atoms with E-state index in [1.54, 1.807) is 4.57 Å². The minimum absolute atomic E-state index is 0.000926. The van der Waals surface area contributed by atoms with E-state index in [-0.39, 0.29) is 23.3 Å². The lowest BCUT2D eigenvalue weighted by atomic mass is 9.91. The van der Waals surface area contributed by atoms with Crippen LogP contribution in [0.25, 0.3) is 0 Å². The Morgan fingerprint density at radius 2 is 2.12 bits per heavy atom. The van der Waals surface area contributed by atoms with Gasteiger partial charge in [-0.25, -0.2) is 0 Å². The lowest BCUT2D eigenvalue weighted by molar-refractivity contribution is -0.384. The SMILES string of the molecule is O=c1ccc([N+](=O)[O-])c2n1C1CCCCC1N2. The predicted molar refractivity (Wildman–Crippen MR) is 62.3 cm³/mol. The molecule has 0 saturated heterocycles. The molecule has 1 saturated carbocycles. The van der Waals surface area contributed by atoms with Gasteiger partial charge >= 0.3 is 5.69 Å². The third kappa shape index (κ3) is 1.44. The fraction of sp³-hybridized carbons (Fsp3) is 0.545. The van der Waals surface area contributed by atoms with E-state index in [1.807, 2.05) is 0 Å². The molecule has 1 fully saturated rings. The highest BCUT2D eigenvalue weighted by atomic mass is 16.6. The topological polar surface area (TPSA) is 77.2 Å². The highest BCUT2D eigenvalue weighted by Gasteiger charge is 2.38. The maximum Gasteiger partial charge on any atom is 0.309 e. The van der Waals surface area contributed by atoms with Crippen molar-refractivity contribution >= 4 is 11.5 Å². The molecule has 1 aliphatic heterocycles. The summed E-state index contributed by atoms with van der Waals surface area (Å²) >= 11 is 0. The van der Waals surface area contributed by atoms with Gasteiger partial charge in [-0.15, -0.1) is 0 Å². The number of pyridine rings is 1. The molecule has 0 radical (unpaired) electrons. The molecule has 0 bridgehead atoms. The number of rotatable bonds is 1. The van der Waals surface area contributed by atoms with Crippen LogP contribution in [0.2, 0.25) is 0 Å². The number of fused-ring (bicyclic) bond motifs is 3. The van der Waals surface area contributed by atoms with Crippen LogP contribution >= 0.6 is 0 Å².